The topological polar surface area (TPSA) is 65.0 Å². The predicted octanol–water partition coefficient (Wildman–Crippen LogP) is 14.8. The Hall–Kier alpha value is -8.15. The van der Waals surface area contributed by atoms with Crippen LogP contribution in [0, 0.1) is 0 Å². The van der Waals surface area contributed by atoms with Crippen molar-refractivity contribution in [3.63, 3.8) is 0 Å². The Kier molecular flexibility index (Phi) is 7.78. The number of nitrogens with zero attached hydrogens (tertiary/aromatic N) is 3. The number of furan rings is 2. The van der Waals surface area contributed by atoms with E-state index in [0.717, 1.165) is 105 Å². The van der Waals surface area contributed by atoms with E-state index in [1.54, 1.807) is 0 Å². The van der Waals surface area contributed by atoms with E-state index in [2.05, 4.69) is 152 Å². The molecule has 0 unspecified atom stereocenters. The summed E-state index contributed by atoms with van der Waals surface area (Å²) >= 11 is 0. The minimum Gasteiger partial charge on any atom is -0.456 e. The fourth-order valence-electron chi connectivity index (χ4n) is 8.63. The molecule has 12 aromatic rings. The number of para-hydroxylation sites is 2. The summed E-state index contributed by atoms with van der Waals surface area (Å²) in [7, 11) is 0. The van der Waals surface area contributed by atoms with Crippen molar-refractivity contribution in [3.05, 3.63) is 200 Å². The minimum atomic E-state index is 0.588. The van der Waals surface area contributed by atoms with E-state index in [-0.39, 0.29) is 0 Å². The van der Waals surface area contributed by atoms with Crippen LogP contribution in [0.25, 0.3) is 122 Å². The van der Waals surface area contributed by atoms with Crippen molar-refractivity contribution in [2.24, 2.45) is 0 Å². The normalized spacial score (nSPS) is 11.7. The Morgan fingerprint density at radius 2 is 0.883 bits per heavy atom. The van der Waals surface area contributed by atoms with Crippen LogP contribution in [0.3, 0.4) is 0 Å². The third kappa shape index (κ3) is 5.67. The molecule has 280 valence electrons. The number of fused-ring (bicyclic) bond motifs is 7. The van der Waals surface area contributed by atoms with Gasteiger partial charge in [-0.3, -0.25) is 0 Å². The van der Waals surface area contributed by atoms with E-state index in [4.69, 9.17) is 23.8 Å². The predicted molar refractivity (Wildman–Crippen MR) is 245 cm³/mol. The third-order valence-electron chi connectivity index (χ3n) is 11.5. The highest BCUT2D eigenvalue weighted by Gasteiger charge is 2.22. The molecule has 0 fully saturated rings. The van der Waals surface area contributed by atoms with E-state index < -0.39 is 0 Å². The van der Waals surface area contributed by atoms with Gasteiger partial charge in [0, 0.05) is 43.8 Å². The Balaban J connectivity index is 1.00. The molecule has 5 nitrogen and oxygen atoms in total. The van der Waals surface area contributed by atoms with Gasteiger partial charge in [-0.2, -0.15) is 0 Å². The van der Waals surface area contributed by atoms with Crippen LogP contribution >= 0.6 is 0 Å². The Morgan fingerprint density at radius 1 is 0.300 bits per heavy atom. The molecule has 0 saturated carbocycles. The molecule has 0 saturated heterocycles. The number of hydrogen-bond acceptors (Lipinski definition) is 5. The largest absolute Gasteiger partial charge is 0.456 e. The maximum atomic E-state index is 6.67. The van der Waals surface area contributed by atoms with Crippen molar-refractivity contribution in [2.75, 3.05) is 0 Å². The highest BCUT2D eigenvalue weighted by Crippen LogP contribution is 2.43. The quantitative estimate of drug-likeness (QED) is 0.169. The molecule has 3 heterocycles. The molecule has 0 aliphatic carbocycles. The molecule has 0 N–H and O–H groups in total. The van der Waals surface area contributed by atoms with E-state index in [9.17, 15) is 0 Å². The first-order valence-electron chi connectivity index (χ1n) is 20.1. The summed E-state index contributed by atoms with van der Waals surface area (Å²) in [6.07, 6.45) is 0. The zero-order valence-electron chi connectivity index (χ0n) is 32.2. The molecule has 0 bridgehead atoms. The van der Waals surface area contributed by atoms with E-state index in [0.29, 0.717) is 17.5 Å². The van der Waals surface area contributed by atoms with Crippen LogP contribution in [0.2, 0.25) is 0 Å². The van der Waals surface area contributed by atoms with Crippen LogP contribution in [0.5, 0.6) is 0 Å². The van der Waals surface area contributed by atoms with Gasteiger partial charge in [0.05, 0.1) is 0 Å². The molecule has 0 spiro atoms. The SMILES string of the molecule is c1ccc(-c2ccc3c(c2)oc2cc4ccccc4c(-c4nc(-c5ccccc5)nc(-c5cccc(-c6ccc(-c7cccc8c7oc7ccccc78)cc6)c5)n4)c23)cc1. The zero-order valence-corrected chi connectivity index (χ0v) is 32.2. The molecular formula is C55H33N3O2. The molecule has 0 aliphatic heterocycles. The smallest absolute Gasteiger partial charge is 0.165 e. The fourth-order valence-corrected chi connectivity index (χ4v) is 8.63. The van der Waals surface area contributed by atoms with Crippen LogP contribution in [0.4, 0.5) is 0 Å². The summed E-state index contributed by atoms with van der Waals surface area (Å²) in [6.45, 7) is 0. The van der Waals surface area contributed by atoms with Crippen LogP contribution < -0.4 is 0 Å². The third-order valence-corrected chi connectivity index (χ3v) is 11.5. The van der Waals surface area contributed by atoms with Crippen LogP contribution in [0.15, 0.2) is 209 Å². The monoisotopic (exact) mass is 767 g/mol. The van der Waals surface area contributed by atoms with Gasteiger partial charge in [0.2, 0.25) is 0 Å². The fraction of sp³-hybridized carbons (Fsp3) is 0. The molecule has 12 rings (SSSR count). The van der Waals surface area contributed by atoms with Gasteiger partial charge in [-0.15, -0.1) is 0 Å². The van der Waals surface area contributed by atoms with Crippen LogP contribution in [-0.2, 0) is 0 Å². The number of rotatable bonds is 6. The average Bonchev–Trinajstić information content (AvgIpc) is 3.89. The van der Waals surface area contributed by atoms with Crippen molar-refractivity contribution in [1.29, 1.82) is 0 Å². The van der Waals surface area contributed by atoms with E-state index in [1.807, 2.05) is 48.5 Å². The maximum absolute atomic E-state index is 6.67. The minimum absolute atomic E-state index is 0.588. The molecule has 5 heteroatoms. The van der Waals surface area contributed by atoms with Gasteiger partial charge < -0.3 is 8.83 Å². The van der Waals surface area contributed by atoms with Crippen LogP contribution in [-0.4, -0.2) is 15.0 Å². The van der Waals surface area contributed by atoms with Crippen molar-refractivity contribution < 1.29 is 8.83 Å². The second kappa shape index (κ2) is 13.8. The van der Waals surface area contributed by atoms with Gasteiger partial charge in [-0.25, -0.2) is 15.0 Å². The Labute approximate surface area is 344 Å². The first-order chi connectivity index (χ1) is 29.7. The molecule has 0 radical (unpaired) electrons. The zero-order chi connectivity index (χ0) is 39.6. The van der Waals surface area contributed by atoms with Gasteiger partial charge in [-0.05, 0) is 68.9 Å². The highest BCUT2D eigenvalue weighted by atomic mass is 16.3. The van der Waals surface area contributed by atoms with Crippen molar-refractivity contribution in [1.82, 2.24) is 15.0 Å². The number of benzene rings is 9. The lowest BCUT2D eigenvalue weighted by Gasteiger charge is -2.12. The van der Waals surface area contributed by atoms with E-state index in [1.165, 1.54) is 0 Å². The Bertz CT molecular complexity index is 3590. The molecule has 0 amide bonds. The maximum Gasteiger partial charge on any atom is 0.165 e. The standard InChI is InChI=1S/C55H33N3O2/c1-3-13-34(14-4-1)39-29-30-46-48(32-39)59-49-33-40-17-7-8-20-42(40)51(50(46)49)55-57-53(37-15-5-2-6-16-37)56-54(58-55)41-19-11-18-38(31-41)35-25-27-36(28-26-35)43-22-12-23-45-44-21-9-10-24-47(44)60-52(43)45/h1-33H. The summed E-state index contributed by atoms with van der Waals surface area (Å²) in [5.41, 5.74) is 12.7. The van der Waals surface area contributed by atoms with Gasteiger partial charge in [0.25, 0.3) is 0 Å². The molecule has 0 atom stereocenters. The first-order valence-corrected chi connectivity index (χ1v) is 20.1. The summed E-state index contributed by atoms with van der Waals surface area (Å²) in [5.74, 6) is 1.78. The molecular weight excluding hydrogens is 735 g/mol. The van der Waals surface area contributed by atoms with Crippen molar-refractivity contribution in [3.8, 4) is 67.5 Å². The lowest BCUT2D eigenvalue weighted by atomic mass is 9.96. The van der Waals surface area contributed by atoms with E-state index >= 15 is 0 Å². The lowest BCUT2D eigenvalue weighted by molar-refractivity contribution is 0.669. The highest BCUT2D eigenvalue weighted by molar-refractivity contribution is 6.20. The molecule has 9 aromatic carbocycles. The first kappa shape index (κ1) is 33.9. The van der Waals surface area contributed by atoms with Gasteiger partial charge >= 0.3 is 0 Å². The summed E-state index contributed by atoms with van der Waals surface area (Å²) < 4.78 is 13.0. The average molecular weight is 768 g/mol. The molecule has 60 heavy (non-hydrogen) atoms. The second-order valence-corrected chi connectivity index (χ2v) is 15.1. The van der Waals surface area contributed by atoms with Crippen LogP contribution in [0.1, 0.15) is 0 Å². The van der Waals surface area contributed by atoms with Crippen molar-refractivity contribution >= 4 is 54.6 Å². The second-order valence-electron chi connectivity index (χ2n) is 15.1. The van der Waals surface area contributed by atoms with Gasteiger partial charge in [0.15, 0.2) is 17.5 Å². The Morgan fingerprint density at radius 3 is 1.72 bits per heavy atom. The van der Waals surface area contributed by atoms with Gasteiger partial charge in [-0.1, -0.05) is 170 Å². The number of aromatic nitrogens is 3. The molecule has 3 aromatic heterocycles. The summed E-state index contributed by atoms with van der Waals surface area (Å²) in [6, 6.07) is 69.2. The summed E-state index contributed by atoms with van der Waals surface area (Å²) in [5, 5.41) is 6.33. The number of hydrogen-bond donors (Lipinski definition) is 0. The lowest BCUT2D eigenvalue weighted by Crippen LogP contribution is -2.01. The van der Waals surface area contributed by atoms with Gasteiger partial charge in [0.1, 0.15) is 22.3 Å². The summed E-state index contributed by atoms with van der Waals surface area (Å²) in [4.78, 5) is 15.7. The molecule has 0 aliphatic rings. The van der Waals surface area contributed by atoms with Crippen molar-refractivity contribution in [2.45, 2.75) is 0 Å².